The van der Waals surface area contributed by atoms with Gasteiger partial charge in [-0.3, -0.25) is 14.6 Å². The van der Waals surface area contributed by atoms with E-state index in [-0.39, 0.29) is 28.6 Å². The summed E-state index contributed by atoms with van der Waals surface area (Å²) in [6, 6.07) is 10.5. The Morgan fingerprint density at radius 1 is 1.13 bits per heavy atom. The number of fused-ring (bicyclic) bond motifs is 1. The molecule has 47 heavy (non-hydrogen) atoms. The minimum atomic E-state index is -4.57. The second-order valence-corrected chi connectivity index (χ2v) is 14.6. The van der Waals surface area contributed by atoms with Crippen LogP contribution in [-0.4, -0.2) is 88.5 Å². The van der Waals surface area contributed by atoms with Crippen LogP contribution in [0.2, 0.25) is 0 Å². The predicted molar refractivity (Wildman–Crippen MR) is 172 cm³/mol. The zero-order valence-corrected chi connectivity index (χ0v) is 27.4. The first kappa shape index (κ1) is 32.2. The number of nitrogens with zero attached hydrogens (tertiary/aromatic N) is 6. The average molecular weight is 652 g/mol. The number of rotatable bonds is 8. The number of hydrogen-bond donors (Lipinski definition) is 1. The molecular formula is C35H44F3N7O2. The molecule has 1 N–H and O–H groups in total. The van der Waals surface area contributed by atoms with Crippen LogP contribution in [0, 0.1) is 5.92 Å². The molecule has 4 aliphatic rings. The van der Waals surface area contributed by atoms with Gasteiger partial charge in [-0.25, -0.2) is 0 Å². The van der Waals surface area contributed by atoms with E-state index in [1.54, 1.807) is 18.5 Å². The van der Waals surface area contributed by atoms with Crippen LogP contribution in [0.3, 0.4) is 0 Å². The van der Waals surface area contributed by atoms with Gasteiger partial charge in [0.1, 0.15) is 12.2 Å². The van der Waals surface area contributed by atoms with Crippen molar-refractivity contribution in [3.05, 3.63) is 76.4 Å². The second-order valence-electron chi connectivity index (χ2n) is 14.6. The number of carbonyl (C=O) groups excluding carboxylic acids is 1. The van der Waals surface area contributed by atoms with Crippen LogP contribution in [0.5, 0.6) is 0 Å². The van der Waals surface area contributed by atoms with Crippen molar-refractivity contribution in [3.63, 3.8) is 0 Å². The Labute approximate surface area is 274 Å². The third-order valence-electron chi connectivity index (χ3n) is 10.7. The Balaban J connectivity index is 1.11. The lowest BCUT2D eigenvalue weighted by molar-refractivity contribution is -0.138. The van der Waals surface area contributed by atoms with E-state index in [1.807, 2.05) is 29.8 Å². The number of piperazine rings is 1. The number of hydrogen-bond acceptors (Lipinski definition) is 7. The molecule has 0 saturated carbocycles. The maximum absolute atomic E-state index is 14.6. The number of amides is 1. The minimum Gasteiger partial charge on any atom is -0.379 e. The first-order valence-corrected chi connectivity index (χ1v) is 16.7. The molecule has 1 amide bonds. The molecule has 0 aliphatic carbocycles. The van der Waals surface area contributed by atoms with Gasteiger partial charge in [-0.15, -0.1) is 10.2 Å². The van der Waals surface area contributed by atoms with Crippen molar-refractivity contribution in [2.24, 2.45) is 13.0 Å². The van der Waals surface area contributed by atoms with Gasteiger partial charge in [-0.2, -0.15) is 13.2 Å². The Hall–Kier alpha value is -3.32. The molecule has 252 valence electrons. The Bertz CT molecular complexity index is 1630. The third-order valence-corrected chi connectivity index (χ3v) is 10.7. The van der Waals surface area contributed by atoms with E-state index in [9.17, 15) is 18.0 Å². The summed E-state index contributed by atoms with van der Waals surface area (Å²) in [7, 11) is 1.89. The van der Waals surface area contributed by atoms with Gasteiger partial charge in [-0.1, -0.05) is 12.1 Å². The van der Waals surface area contributed by atoms with E-state index in [1.165, 1.54) is 11.0 Å². The zero-order chi connectivity index (χ0) is 33.0. The number of nitrogens with one attached hydrogen (secondary N) is 1. The fraction of sp³-hybridized carbons (Fsp3) is 0.571. The van der Waals surface area contributed by atoms with E-state index in [2.05, 4.69) is 39.2 Å². The van der Waals surface area contributed by atoms with E-state index >= 15 is 0 Å². The Morgan fingerprint density at radius 3 is 2.66 bits per heavy atom. The molecule has 3 aromatic rings. The highest BCUT2D eigenvalue weighted by atomic mass is 19.4. The molecule has 1 atom stereocenters. The van der Waals surface area contributed by atoms with Crippen molar-refractivity contribution in [1.82, 2.24) is 29.9 Å². The second kappa shape index (κ2) is 12.3. The smallest absolute Gasteiger partial charge is 0.379 e. The first-order chi connectivity index (χ1) is 22.4. The topological polar surface area (TPSA) is 78.8 Å². The van der Waals surface area contributed by atoms with Crippen LogP contribution in [0.15, 0.2) is 42.7 Å². The molecule has 4 aliphatic heterocycles. The minimum absolute atomic E-state index is 0.0508. The molecule has 1 unspecified atom stereocenters. The van der Waals surface area contributed by atoms with E-state index in [4.69, 9.17) is 4.74 Å². The third kappa shape index (κ3) is 6.32. The Kier molecular flexibility index (Phi) is 8.43. The van der Waals surface area contributed by atoms with Crippen molar-refractivity contribution >= 4 is 11.6 Å². The number of piperidine rings is 1. The van der Waals surface area contributed by atoms with Crippen LogP contribution in [-0.2, 0) is 42.9 Å². The van der Waals surface area contributed by atoms with Crippen molar-refractivity contribution in [3.8, 4) is 0 Å². The molecule has 7 rings (SSSR count). The van der Waals surface area contributed by atoms with Gasteiger partial charge < -0.3 is 19.5 Å². The van der Waals surface area contributed by atoms with E-state index < -0.39 is 17.6 Å². The number of likely N-dealkylation sites (tertiary alicyclic amines) is 1. The first-order valence-electron chi connectivity index (χ1n) is 16.7. The number of benzene rings is 2. The van der Waals surface area contributed by atoms with E-state index in [0.29, 0.717) is 43.3 Å². The molecule has 0 radical (unpaired) electrons. The number of anilines is 1. The monoisotopic (exact) mass is 651 g/mol. The van der Waals surface area contributed by atoms with Crippen molar-refractivity contribution < 1.29 is 22.7 Å². The molecule has 2 aromatic carbocycles. The molecule has 0 bridgehead atoms. The van der Waals surface area contributed by atoms with Crippen LogP contribution >= 0.6 is 0 Å². The summed E-state index contributed by atoms with van der Waals surface area (Å²) in [5.74, 6) is 0.882. The molecular weight excluding hydrogens is 607 g/mol. The van der Waals surface area contributed by atoms with Gasteiger partial charge in [0, 0.05) is 74.9 Å². The van der Waals surface area contributed by atoms with E-state index in [0.717, 1.165) is 63.5 Å². The van der Waals surface area contributed by atoms with Crippen LogP contribution in [0.25, 0.3) is 0 Å². The molecule has 5 heterocycles. The summed E-state index contributed by atoms with van der Waals surface area (Å²) in [4.78, 5) is 20.2. The van der Waals surface area contributed by atoms with Crippen molar-refractivity contribution in [1.29, 1.82) is 0 Å². The highest BCUT2D eigenvalue weighted by Gasteiger charge is 2.44. The molecule has 1 aromatic heterocycles. The number of alkyl halides is 3. The predicted octanol–water partition coefficient (Wildman–Crippen LogP) is 4.40. The van der Waals surface area contributed by atoms with Crippen molar-refractivity contribution in [2.75, 3.05) is 57.4 Å². The quantitative estimate of drug-likeness (QED) is 0.387. The zero-order valence-electron chi connectivity index (χ0n) is 27.4. The lowest BCUT2D eigenvalue weighted by Crippen LogP contribution is -2.59. The molecule has 9 nitrogen and oxygen atoms in total. The van der Waals surface area contributed by atoms with Gasteiger partial charge in [0.25, 0.3) is 5.91 Å². The average Bonchev–Trinajstić information content (AvgIpc) is 3.57. The summed E-state index contributed by atoms with van der Waals surface area (Å²) in [6.45, 7) is 11.4. The summed E-state index contributed by atoms with van der Waals surface area (Å²) in [5.41, 5.74) is 1.31. The summed E-state index contributed by atoms with van der Waals surface area (Å²) < 4.78 is 51.2. The molecule has 3 fully saturated rings. The number of ether oxygens (including phenoxy) is 1. The Morgan fingerprint density at radius 2 is 1.96 bits per heavy atom. The highest BCUT2D eigenvalue weighted by Crippen LogP contribution is 2.42. The fourth-order valence-electron chi connectivity index (χ4n) is 7.89. The van der Waals surface area contributed by atoms with Crippen LogP contribution in [0.1, 0.15) is 65.1 Å². The molecule has 0 spiro atoms. The van der Waals surface area contributed by atoms with Gasteiger partial charge in [0.2, 0.25) is 0 Å². The molecule has 12 heteroatoms. The maximum atomic E-state index is 14.6. The lowest BCUT2D eigenvalue weighted by atomic mass is 9.75. The summed E-state index contributed by atoms with van der Waals surface area (Å²) in [5, 5.41) is 11.7. The standard InChI is InChI=1S/C35H44F3N7O2/c1-33(2)20-39-9-11-44(33)18-24-6-5-10-43(16-24)17-25-12-28-29(30(13-25)35(36,37)38)19-45(32(28)46)27-8-4-7-26(14-27)34(21-47-22-34)15-31-41-40-23-42(31)3/h4,7-8,12-14,23-24,39H,5-6,9-11,15-22H2,1-3H3. The fourth-order valence-corrected chi connectivity index (χ4v) is 7.89. The number of aryl methyl sites for hydroxylation is 1. The maximum Gasteiger partial charge on any atom is 0.416 e. The highest BCUT2D eigenvalue weighted by molar-refractivity contribution is 6.10. The number of aromatic nitrogens is 3. The SMILES string of the molecule is Cn1cnnc1CC1(c2cccc(N3Cc4c(cc(CN5CCCC(CN6CCNCC6(C)C)C5)cc4C(F)(F)F)C3=O)c2)COC1. The molecule has 3 saturated heterocycles. The van der Waals surface area contributed by atoms with Gasteiger partial charge in [-0.05, 0) is 80.1 Å². The number of carbonyl (C=O) groups is 1. The summed E-state index contributed by atoms with van der Waals surface area (Å²) >= 11 is 0. The van der Waals surface area contributed by atoms with Crippen LogP contribution in [0.4, 0.5) is 18.9 Å². The van der Waals surface area contributed by atoms with Gasteiger partial charge >= 0.3 is 6.18 Å². The van der Waals surface area contributed by atoms with Gasteiger partial charge in [0.05, 0.1) is 25.3 Å². The largest absolute Gasteiger partial charge is 0.416 e. The van der Waals surface area contributed by atoms with Crippen LogP contribution < -0.4 is 10.2 Å². The van der Waals surface area contributed by atoms with Crippen molar-refractivity contribution in [2.45, 2.75) is 63.3 Å². The lowest BCUT2D eigenvalue weighted by Gasteiger charge is -2.45. The van der Waals surface area contributed by atoms with Gasteiger partial charge in [0.15, 0.2) is 0 Å². The normalized spacial score (nSPS) is 23.1. The summed E-state index contributed by atoms with van der Waals surface area (Å²) in [6.07, 6.45) is -0.177. The number of halogens is 3.